The van der Waals surface area contributed by atoms with E-state index in [1.165, 1.54) is 0 Å². The number of methoxy groups -OCH3 is 1. The maximum absolute atomic E-state index is 13.5. The molecule has 4 rings (SSSR count). The number of carbonyl (C=O) groups is 2. The highest BCUT2D eigenvalue weighted by atomic mass is 16.5. The molecule has 6 heteroatoms. The van der Waals surface area contributed by atoms with Gasteiger partial charge in [-0.2, -0.15) is 0 Å². The zero-order valence-electron chi connectivity index (χ0n) is 18.3. The van der Waals surface area contributed by atoms with Crippen molar-refractivity contribution >= 4 is 17.5 Å². The van der Waals surface area contributed by atoms with E-state index in [1.54, 1.807) is 7.11 Å². The molecular weight excluding hydrogens is 390 g/mol. The van der Waals surface area contributed by atoms with Gasteiger partial charge < -0.3 is 19.9 Å². The van der Waals surface area contributed by atoms with E-state index in [4.69, 9.17) is 4.74 Å². The second-order valence-electron chi connectivity index (χ2n) is 8.60. The van der Waals surface area contributed by atoms with Crippen molar-refractivity contribution in [2.75, 3.05) is 38.7 Å². The van der Waals surface area contributed by atoms with E-state index in [1.807, 2.05) is 47.4 Å². The topological polar surface area (TPSA) is 61.9 Å². The number of ether oxygens (including phenoxy) is 1. The zero-order chi connectivity index (χ0) is 21.8. The van der Waals surface area contributed by atoms with Gasteiger partial charge in [0.05, 0.1) is 12.5 Å². The normalized spacial score (nSPS) is 22.3. The lowest BCUT2D eigenvalue weighted by atomic mass is 9.76. The zero-order valence-corrected chi connectivity index (χ0v) is 18.3. The first-order chi connectivity index (χ1) is 15.0. The molecule has 2 atom stereocenters. The Morgan fingerprint density at radius 1 is 1.23 bits per heavy atom. The minimum atomic E-state index is -0.722. The molecule has 0 spiro atoms. The number of nitrogens with one attached hydrogen (secondary N) is 1. The summed E-state index contributed by atoms with van der Waals surface area (Å²) in [4.78, 5) is 30.0. The minimum Gasteiger partial charge on any atom is -0.497 e. The first-order valence-electron chi connectivity index (χ1n) is 11.0. The minimum absolute atomic E-state index is 0.00492. The molecule has 164 valence electrons. The van der Waals surface area contributed by atoms with Crippen LogP contribution in [0.3, 0.4) is 0 Å². The van der Waals surface area contributed by atoms with Crippen molar-refractivity contribution in [3.63, 3.8) is 0 Å². The lowest BCUT2D eigenvalue weighted by Crippen LogP contribution is -2.47. The molecule has 0 radical (unpaired) electrons. The van der Waals surface area contributed by atoms with Crippen LogP contribution in [-0.2, 0) is 15.0 Å². The van der Waals surface area contributed by atoms with Crippen molar-refractivity contribution < 1.29 is 14.3 Å². The molecule has 0 bridgehead atoms. The highest BCUT2D eigenvalue weighted by Crippen LogP contribution is 2.43. The molecule has 2 aromatic rings. The number of para-hydroxylation sites is 1. The number of rotatable bonds is 8. The third-order valence-electron chi connectivity index (χ3n) is 6.69. The molecule has 2 heterocycles. The molecule has 0 aromatic heterocycles. The van der Waals surface area contributed by atoms with Gasteiger partial charge in [-0.05, 0) is 49.1 Å². The maximum atomic E-state index is 13.5. The number of hydrogen-bond donors (Lipinski definition) is 1. The summed E-state index contributed by atoms with van der Waals surface area (Å²) in [6.45, 7) is 1.89. The smallest absolute Gasteiger partial charge is 0.232 e. The number of nitrogens with zero attached hydrogens (tertiary/aromatic N) is 2. The molecule has 2 aliphatic heterocycles. The van der Waals surface area contributed by atoms with Gasteiger partial charge in [-0.15, -0.1) is 0 Å². The van der Waals surface area contributed by atoms with Crippen molar-refractivity contribution in [2.45, 2.75) is 37.1 Å². The van der Waals surface area contributed by atoms with Gasteiger partial charge in [-0.25, -0.2) is 0 Å². The summed E-state index contributed by atoms with van der Waals surface area (Å²) in [5.74, 6) is 0.893. The molecule has 2 aliphatic rings. The maximum Gasteiger partial charge on any atom is 0.232 e. The van der Waals surface area contributed by atoms with Crippen molar-refractivity contribution in [1.29, 1.82) is 0 Å². The number of benzene rings is 2. The SMILES string of the molecule is COc1cccc([C@]2(C(=O)NCCCN(C)c3ccccc3)C[C@@H]3CCC(=O)N3C2)c1. The standard InChI is InChI=1S/C25H31N3O3/c1-27(20-9-4-3-5-10-20)15-7-14-26-24(30)25(19-8-6-11-22(16-19)31-2)17-21-12-13-23(29)28(21)18-25/h3-6,8-11,16,21H,7,12-15,17-18H2,1-2H3,(H,26,30)/t21-,25-/m0/s1. The molecule has 2 amide bonds. The van der Waals surface area contributed by atoms with Crippen molar-refractivity contribution in [2.24, 2.45) is 0 Å². The van der Waals surface area contributed by atoms with Crippen molar-refractivity contribution in [3.05, 3.63) is 60.2 Å². The first-order valence-corrected chi connectivity index (χ1v) is 11.0. The van der Waals surface area contributed by atoms with E-state index < -0.39 is 5.41 Å². The Hall–Kier alpha value is -3.02. The summed E-state index contributed by atoms with van der Waals surface area (Å²) in [7, 11) is 3.69. The Balaban J connectivity index is 1.44. The second-order valence-corrected chi connectivity index (χ2v) is 8.60. The van der Waals surface area contributed by atoms with Crippen molar-refractivity contribution in [1.82, 2.24) is 10.2 Å². The summed E-state index contributed by atoms with van der Waals surface area (Å²) in [5, 5.41) is 3.17. The van der Waals surface area contributed by atoms with E-state index in [9.17, 15) is 9.59 Å². The van der Waals surface area contributed by atoms with Crippen LogP contribution in [0.2, 0.25) is 0 Å². The third kappa shape index (κ3) is 4.24. The van der Waals surface area contributed by atoms with Crippen LogP contribution in [-0.4, -0.2) is 56.5 Å². The summed E-state index contributed by atoms with van der Waals surface area (Å²) >= 11 is 0. The Bertz CT molecular complexity index is 933. The van der Waals surface area contributed by atoms with Crippen LogP contribution < -0.4 is 15.0 Å². The molecule has 31 heavy (non-hydrogen) atoms. The Morgan fingerprint density at radius 3 is 2.77 bits per heavy atom. The van der Waals surface area contributed by atoms with Crippen LogP contribution >= 0.6 is 0 Å². The lowest BCUT2D eigenvalue weighted by molar-refractivity contribution is -0.129. The Kier molecular flexibility index (Phi) is 6.16. The molecule has 2 fully saturated rings. The largest absolute Gasteiger partial charge is 0.497 e. The fraction of sp³-hybridized carbons (Fsp3) is 0.440. The Morgan fingerprint density at radius 2 is 2.03 bits per heavy atom. The molecule has 1 N–H and O–H groups in total. The van der Waals surface area contributed by atoms with Crippen LogP contribution in [0.15, 0.2) is 54.6 Å². The number of hydrogen-bond acceptors (Lipinski definition) is 4. The summed E-state index contributed by atoms with van der Waals surface area (Å²) in [5.41, 5.74) is 1.37. The molecule has 2 saturated heterocycles. The quantitative estimate of drug-likeness (QED) is 0.666. The van der Waals surface area contributed by atoms with Crippen molar-refractivity contribution in [3.8, 4) is 5.75 Å². The number of carbonyl (C=O) groups excluding carboxylic acids is 2. The summed E-state index contributed by atoms with van der Waals surface area (Å²) in [6, 6.07) is 18.1. The molecule has 0 aliphatic carbocycles. The van der Waals surface area contributed by atoms with Gasteiger partial charge >= 0.3 is 0 Å². The van der Waals surface area contributed by atoms with E-state index in [0.717, 1.165) is 36.4 Å². The summed E-state index contributed by atoms with van der Waals surface area (Å²) in [6.07, 6.45) is 2.94. The van der Waals surface area contributed by atoms with Gasteiger partial charge in [0.15, 0.2) is 0 Å². The van der Waals surface area contributed by atoms with E-state index >= 15 is 0 Å². The van der Waals surface area contributed by atoms with E-state index in [2.05, 4.69) is 29.4 Å². The van der Waals surface area contributed by atoms with Gasteiger partial charge in [-0.3, -0.25) is 9.59 Å². The second kappa shape index (κ2) is 9.00. The van der Waals surface area contributed by atoms with Gasteiger partial charge in [0.1, 0.15) is 5.75 Å². The molecule has 0 unspecified atom stereocenters. The fourth-order valence-corrected chi connectivity index (χ4v) is 4.90. The highest BCUT2D eigenvalue weighted by molar-refractivity contribution is 5.91. The average Bonchev–Trinajstić information content (AvgIpc) is 3.36. The molecule has 0 saturated carbocycles. The van der Waals surface area contributed by atoms with E-state index in [-0.39, 0.29) is 17.9 Å². The highest BCUT2D eigenvalue weighted by Gasteiger charge is 2.53. The Labute approximate surface area is 184 Å². The van der Waals surface area contributed by atoms with Gasteiger partial charge in [0.2, 0.25) is 11.8 Å². The van der Waals surface area contributed by atoms with Gasteiger partial charge in [0, 0.05) is 44.8 Å². The first kappa shape index (κ1) is 21.2. The van der Waals surface area contributed by atoms with E-state index in [0.29, 0.717) is 25.9 Å². The van der Waals surface area contributed by atoms with Gasteiger partial charge in [-0.1, -0.05) is 30.3 Å². The molecule has 6 nitrogen and oxygen atoms in total. The van der Waals surface area contributed by atoms with Crippen LogP contribution in [0.5, 0.6) is 5.75 Å². The molecular formula is C25H31N3O3. The fourth-order valence-electron chi connectivity index (χ4n) is 4.90. The van der Waals surface area contributed by atoms with Gasteiger partial charge in [0.25, 0.3) is 0 Å². The number of anilines is 1. The van der Waals surface area contributed by atoms with Crippen LogP contribution in [0.1, 0.15) is 31.2 Å². The summed E-state index contributed by atoms with van der Waals surface area (Å²) < 4.78 is 5.40. The lowest BCUT2D eigenvalue weighted by Gasteiger charge is -2.29. The number of fused-ring (bicyclic) bond motifs is 1. The average molecular weight is 422 g/mol. The number of amides is 2. The predicted octanol–water partition coefficient (Wildman–Crippen LogP) is 2.97. The van der Waals surface area contributed by atoms with Crippen LogP contribution in [0.4, 0.5) is 5.69 Å². The predicted molar refractivity (Wildman–Crippen MR) is 121 cm³/mol. The molecule has 2 aromatic carbocycles. The third-order valence-corrected chi connectivity index (χ3v) is 6.69. The monoisotopic (exact) mass is 421 g/mol. The van der Waals surface area contributed by atoms with Crippen LogP contribution in [0, 0.1) is 0 Å². The van der Waals surface area contributed by atoms with Crippen LogP contribution in [0.25, 0.3) is 0 Å².